The Morgan fingerprint density at radius 2 is 1.93 bits per heavy atom. The monoisotopic (exact) mass is 201 g/mol. The smallest absolute Gasteiger partial charge is 0.336 e. The summed E-state index contributed by atoms with van der Waals surface area (Å²) in [5, 5.41) is 0.843. The van der Waals surface area contributed by atoms with Crippen LogP contribution in [0.1, 0.15) is 5.89 Å². The standard InChI is InChI=1S/C11H7NO3/c1-6-12-10-8(14-6)4-2-7-3-5-9(13)15-11(7)10/h2-5H,1H3. The molecule has 2 heterocycles. The number of aromatic nitrogens is 1. The number of rotatable bonds is 0. The zero-order valence-corrected chi connectivity index (χ0v) is 7.98. The molecule has 0 N–H and O–H groups in total. The van der Waals surface area contributed by atoms with E-state index in [2.05, 4.69) is 4.98 Å². The Kier molecular flexibility index (Phi) is 1.48. The van der Waals surface area contributed by atoms with Crippen LogP contribution in [0, 0.1) is 6.92 Å². The van der Waals surface area contributed by atoms with E-state index in [-0.39, 0.29) is 5.63 Å². The molecule has 74 valence electrons. The van der Waals surface area contributed by atoms with Gasteiger partial charge in [0, 0.05) is 18.4 Å². The summed E-state index contributed by atoms with van der Waals surface area (Å²) in [6.45, 7) is 1.76. The van der Waals surface area contributed by atoms with Crippen molar-refractivity contribution in [3.8, 4) is 0 Å². The molecule has 0 radical (unpaired) electrons. The first-order chi connectivity index (χ1) is 7.24. The number of oxazole rings is 1. The van der Waals surface area contributed by atoms with Gasteiger partial charge in [0.1, 0.15) is 0 Å². The highest BCUT2D eigenvalue weighted by molar-refractivity contribution is 5.99. The second-order valence-corrected chi connectivity index (χ2v) is 3.32. The second kappa shape index (κ2) is 2.70. The first kappa shape index (κ1) is 8.23. The highest BCUT2D eigenvalue weighted by Crippen LogP contribution is 2.23. The summed E-state index contributed by atoms with van der Waals surface area (Å²) in [6, 6.07) is 6.76. The average molecular weight is 201 g/mol. The van der Waals surface area contributed by atoms with Crippen LogP contribution < -0.4 is 5.63 Å². The maximum atomic E-state index is 11.1. The van der Waals surface area contributed by atoms with E-state index in [0.29, 0.717) is 22.6 Å². The molecule has 4 heteroatoms. The molecule has 0 bridgehead atoms. The number of hydrogen-bond acceptors (Lipinski definition) is 4. The van der Waals surface area contributed by atoms with E-state index in [1.807, 2.05) is 12.1 Å². The van der Waals surface area contributed by atoms with Crippen molar-refractivity contribution >= 4 is 22.1 Å². The Morgan fingerprint density at radius 3 is 2.80 bits per heavy atom. The van der Waals surface area contributed by atoms with Crippen molar-refractivity contribution in [1.82, 2.24) is 4.98 Å². The highest BCUT2D eigenvalue weighted by atomic mass is 16.4. The van der Waals surface area contributed by atoms with Crippen molar-refractivity contribution in [3.05, 3.63) is 40.6 Å². The van der Waals surface area contributed by atoms with Gasteiger partial charge in [-0.2, -0.15) is 0 Å². The SMILES string of the molecule is Cc1nc2c(ccc3ccc(=O)oc32)o1. The summed E-state index contributed by atoms with van der Waals surface area (Å²) in [7, 11) is 0. The van der Waals surface area contributed by atoms with Crippen LogP contribution in [-0.4, -0.2) is 4.98 Å². The van der Waals surface area contributed by atoms with Crippen molar-refractivity contribution < 1.29 is 8.83 Å². The Bertz CT molecular complexity index is 708. The molecule has 0 aliphatic rings. The average Bonchev–Trinajstić information content (AvgIpc) is 2.58. The topological polar surface area (TPSA) is 56.2 Å². The van der Waals surface area contributed by atoms with Gasteiger partial charge in [0.15, 0.2) is 22.6 Å². The van der Waals surface area contributed by atoms with Crippen molar-refractivity contribution in [2.45, 2.75) is 6.92 Å². The molecule has 4 nitrogen and oxygen atoms in total. The van der Waals surface area contributed by atoms with E-state index in [0.717, 1.165) is 5.39 Å². The van der Waals surface area contributed by atoms with Gasteiger partial charge in [0.25, 0.3) is 0 Å². The normalized spacial score (nSPS) is 11.3. The Hall–Kier alpha value is -2.10. The summed E-state index contributed by atoms with van der Waals surface area (Å²) in [6.07, 6.45) is 0. The molecular weight excluding hydrogens is 194 g/mol. The molecule has 0 unspecified atom stereocenters. The summed E-state index contributed by atoms with van der Waals surface area (Å²) in [5.41, 5.74) is 1.34. The van der Waals surface area contributed by atoms with Gasteiger partial charge in [-0.15, -0.1) is 0 Å². The van der Waals surface area contributed by atoms with Gasteiger partial charge in [0.2, 0.25) is 0 Å². The van der Waals surface area contributed by atoms with Crippen LogP contribution in [0.15, 0.2) is 37.9 Å². The highest BCUT2D eigenvalue weighted by Gasteiger charge is 2.08. The van der Waals surface area contributed by atoms with Crippen molar-refractivity contribution in [1.29, 1.82) is 0 Å². The fourth-order valence-corrected chi connectivity index (χ4v) is 1.63. The van der Waals surface area contributed by atoms with Crippen LogP contribution in [0.4, 0.5) is 0 Å². The molecule has 0 saturated carbocycles. The summed E-state index contributed by atoms with van der Waals surface area (Å²) < 4.78 is 10.5. The van der Waals surface area contributed by atoms with Crippen LogP contribution in [0.2, 0.25) is 0 Å². The third kappa shape index (κ3) is 1.15. The number of benzene rings is 1. The summed E-state index contributed by atoms with van der Waals surface area (Å²) in [4.78, 5) is 15.3. The van der Waals surface area contributed by atoms with Crippen molar-refractivity contribution in [2.24, 2.45) is 0 Å². The fourth-order valence-electron chi connectivity index (χ4n) is 1.63. The quantitative estimate of drug-likeness (QED) is 0.523. The lowest BCUT2D eigenvalue weighted by Gasteiger charge is -1.94. The van der Waals surface area contributed by atoms with Gasteiger partial charge in [-0.3, -0.25) is 0 Å². The molecule has 15 heavy (non-hydrogen) atoms. The first-order valence-electron chi connectivity index (χ1n) is 4.54. The molecule has 0 fully saturated rings. The molecule has 3 rings (SSSR count). The first-order valence-corrected chi connectivity index (χ1v) is 4.54. The molecule has 0 amide bonds. The second-order valence-electron chi connectivity index (χ2n) is 3.32. The maximum Gasteiger partial charge on any atom is 0.336 e. The molecule has 0 aliphatic heterocycles. The third-order valence-corrected chi connectivity index (χ3v) is 2.25. The summed E-state index contributed by atoms with van der Waals surface area (Å²) >= 11 is 0. The molecule has 0 aliphatic carbocycles. The minimum absolute atomic E-state index is 0.379. The molecule has 1 aromatic carbocycles. The Labute approximate surface area is 84.1 Å². The summed E-state index contributed by atoms with van der Waals surface area (Å²) in [5.74, 6) is 0.559. The lowest BCUT2D eigenvalue weighted by Crippen LogP contribution is -1.94. The van der Waals surface area contributed by atoms with E-state index in [9.17, 15) is 4.79 Å². The van der Waals surface area contributed by atoms with Gasteiger partial charge < -0.3 is 8.83 Å². The van der Waals surface area contributed by atoms with Gasteiger partial charge >= 0.3 is 5.63 Å². The lowest BCUT2D eigenvalue weighted by molar-refractivity contribution is 0.560. The van der Waals surface area contributed by atoms with Gasteiger partial charge in [-0.1, -0.05) is 0 Å². The van der Waals surface area contributed by atoms with Gasteiger partial charge in [0.05, 0.1) is 0 Å². The number of fused-ring (bicyclic) bond motifs is 3. The van der Waals surface area contributed by atoms with E-state index in [1.165, 1.54) is 6.07 Å². The van der Waals surface area contributed by atoms with Crippen molar-refractivity contribution in [3.63, 3.8) is 0 Å². The van der Waals surface area contributed by atoms with E-state index in [1.54, 1.807) is 13.0 Å². The van der Waals surface area contributed by atoms with Crippen LogP contribution in [0.25, 0.3) is 22.1 Å². The molecular formula is C11H7NO3. The van der Waals surface area contributed by atoms with Crippen LogP contribution >= 0.6 is 0 Å². The third-order valence-electron chi connectivity index (χ3n) is 2.25. The molecule has 2 aromatic heterocycles. The lowest BCUT2D eigenvalue weighted by atomic mass is 10.2. The zero-order chi connectivity index (χ0) is 10.4. The number of nitrogens with zero attached hydrogens (tertiary/aromatic N) is 1. The molecule has 3 aromatic rings. The zero-order valence-electron chi connectivity index (χ0n) is 7.98. The predicted molar refractivity (Wildman–Crippen MR) is 54.8 cm³/mol. The van der Waals surface area contributed by atoms with Gasteiger partial charge in [-0.25, -0.2) is 9.78 Å². The van der Waals surface area contributed by atoms with E-state index < -0.39 is 0 Å². The molecule has 0 saturated heterocycles. The Morgan fingerprint density at radius 1 is 1.13 bits per heavy atom. The molecule has 0 spiro atoms. The minimum atomic E-state index is -0.379. The number of aryl methyl sites for hydroxylation is 1. The number of hydrogen-bond donors (Lipinski definition) is 0. The van der Waals surface area contributed by atoms with Crippen LogP contribution in [0.5, 0.6) is 0 Å². The van der Waals surface area contributed by atoms with Crippen LogP contribution in [0.3, 0.4) is 0 Å². The van der Waals surface area contributed by atoms with Crippen molar-refractivity contribution in [2.75, 3.05) is 0 Å². The minimum Gasteiger partial charge on any atom is -0.441 e. The van der Waals surface area contributed by atoms with Gasteiger partial charge in [-0.05, 0) is 18.2 Å². The molecule has 0 atom stereocenters. The fraction of sp³-hybridized carbons (Fsp3) is 0.0909. The van der Waals surface area contributed by atoms with E-state index in [4.69, 9.17) is 8.83 Å². The van der Waals surface area contributed by atoms with E-state index >= 15 is 0 Å². The largest absolute Gasteiger partial charge is 0.441 e. The predicted octanol–water partition coefficient (Wildman–Crippen LogP) is 2.24. The Balaban J connectivity index is 2.62. The maximum absolute atomic E-state index is 11.1. The van der Waals surface area contributed by atoms with Crippen LogP contribution in [-0.2, 0) is 0 Å².